The van der Waals surface area contributed by atoms with E-state index >= 15 is 4.39 Å². The van der Waals surface area contributed by atoms with Crippen molar-refractivity contribution in [2.75, 3.05) is 46.8 Å². The Balaban J connectivity index is 1.36. The third kappa shape index (κ3) is 9.77. The minimum Gasteiger partial charge on any atom is -0.350 e. The van der Waals surface area contributed by atoms with Gasteiger partial charge in [-0.15, -0.1) is 0 Å². The number of alkyl halides is 1. The van der Waals surface area contributed by atoms with Gasteiger partial charge >= 0.3 is 0 Å². The number of hydrogen-bond acceptors (Lipinski definition) is 8. The summed E-state index contributed by atoms with van der Waals surface area (Å²) in [6.45, 7) is 10.6. The molecule has 2 saturated heterocycles. The maximum absolute atomic E-state index is 15.2. The second-order valence-corrected chi connectivity index (χ2v) is 16.5. The molecule has 0 aromatic carbocycles. The van der Waals surface area contributed by atoms with Gasteiger partial charge in [0.15, 0.2) is 0 Å². The second-order valence-electron chi connectivity index (χ2n) is 16.5. The highest BCUT2D eigenvalue weighted by molar-refractivity contribution is 5.80. The molecule has 7 N–H and O–H groups in total. The van der Waals surface area contributed by atoms with Crippen molar-refractivity contribution in [3.63, 3.8) is 0 Å². The summed E-state index contributed by atoms with van der Waals surface area (Å²) in [4.78, 5) is 17.0. The third-order valence-corrected chi connectivity index (χ3v) is 12.6. The van der Waals surface area contributed by atoms with Gasteiger partial charge in [0.1, 0.15) is 6.17 Å². The lowest BCUT2D eigenvalue weighted by molar-refractivity contribution is -0.129. The molecule has 47 heavy (non-hydrogen) atoms. The average Bonchev–Trinajstić information content (AvgIpc) is 3.50. The summed E-state index contributed by atoms with van der Waals surface area (Å²) < 4.78 is 15.2. The zero-order valence-electron chi connectivity index (χ0n) is 30.3. The van der Waals surface area contributed by atoms with E-state index in [0.29, 0.717) is 23.9 Å². The van der Waals surface area contributed by atoms with Gasteiger partial charge in [0.25, 0.3) is 0 Å². The Labute approximate surface area is 285 Å². The number of carbonyl (C=O) groups is 1. The zero-order chi connectivity index (χ0) is 33.6. The summed E-state index contributed by atoms with van der Waals surface area (Å²) in [6, 6.07) is 0.768. The minimum atomic E-state index is -1.08. The number of rotatable bonds is 13. The van der Waals surface area contributed by atoms with Gasteiger partial charge in [-0.05, 0) is 102 Å². The van der Waals surface area contributed by atoms with Crippen molar-refractivity contribution in [3.05, 3.63) is 11.6 Å². The Morgan fingerprint density at radius 1 is 1.13 bits per heavy atom. The van der Waals surface area contributed by atoms with E-state index in [1.807, 2.05) is 0 Å². The third-order valence-electron chi connectivity index (χ3n) is 12.6. The van der Waals surface area contributed by atoms with Crippen molar-refractivity contribution in [2.45, 2.75) is 147 Å². The Morgan fingerprint density at radius 2 is 1.89 bits per heavy atom. The molecule has 9 atom stereocenters. The highest BCUT2D eigenvalue weighted by Crippen LogP contribution is 2.40. The van der Waals surface area contributed by atoms with Crippen LogP contribution in [-0.2, 0) is 4.79 Å². The molecular formula is C37H69FN8O. The number of hydrazine groups is 1. The molecule has 0 spiro atoms. The van der Waals surface area contributed by atoms with Gasteiger partial charge < -0.3 is 26.6 Å². The molecule has 0 aromatic rings. The SMILES string of the molecule is CCCC1(C)CC(C(C(=O)NC2CNC(C3CCCCC3)CC2N2CC(CCN(C)C)CN2)C(N)NC2CCC2)NCC(F)C=C1C. The maximum atomic E-state index is 15.2. The first kappa shape index (κ1) is 37.1. The van der Waals surface area contributed by atoms with E-state index < -0.39 is 18.3 Å². The lowest BCUT2D eigenvalue weighted by Crippen LogP contribution is -2.67. The number of nitrogens with zero attached hydrogens (tertiary/aromatic N) is 2. The van der Waals surface area contributed by atoms with Crippen molar-refractivity contribution in [1.29, 1.82) is 0 Å². The first-order valence-corrected chi connectivity index (χ1v) is 19.3. The van der Waals surface area contributed by atoms with Crippen molar-refractivity contribution < 1.29 is 9.18 Å². The number of halogens is 1. The lowest BCUT2D eigenvalue weighted by atomic mass is 9.70. The molecule has 0 bridgehead atoms. The number of carbonyl (C=O) groups excluding carboxylic acids is 1. The van der Waals surface area contributed by atoms with E-state index in [1.54, 1.807) is 6.08 Å². The highest BCUT2D eigenvalue weighted by atomic mass is 19.1. The summed E-state index contributed by atoms with van der Waals surface area (Å²) in [5, 5.41) is 17.1. The molecular weight excluding hydrogens is 591 g/mol. The molecule has 5 rings (SSSR count). The second kappa shape index (κ2) is 17.2. The van der Waals surface area contributed by atoms with Crippen molar-refractivity contribution in [3.8, 4) is 0 Å². The van der Waals surface area contributed by atoms with Crippen molar-refractivity contribution in [1.82, 2.24) is 36.6 Å². The molecule has 1 amide bonds. The fourth-order valence-electron chi connectivity index (χ4n) is 9.29. The normalized spacial score (nSPS) is 36.3. The molecule has 2 aliphatic carbocycles. The standard InChI is InChI=1S/C37H69FN8O/c1-6-16-37(3)20-31(40-22-28(38)18-25(37)2)34(35(39)43-29-13-10-14-29)36(47)44-32-23-41-30(27-11-8-7-9-12-27)19-33(32)46-24-26(21-42-46)15-17-45(4)5/h18,26-35,40-43H,6-17,19-24,39H2,1-5H3,(H,44,47). The average molecular weight is 661 g/mol. The highest BCUT2D eigenvalue weighted by Gasteiger charge is 2.45. The first-order chi connectivity index (χ1) is 22.6. The van der Waals surface area contributed by atoms with E-state index in [-0.39, 0.29) is 36.0 Å². The number of allylic oxidation sites excluding steroid dienone is 1. The molecule has 2 saturated carbocycles. The van der Waals surface area contributed by atoms with E-state index in [1.165, 1.54) is 44.9 Å². The largest absolute Gasteiger partial charge is 0.350 e. The Morgan fingerprint density at radius 3 is 2.57 bits per heavy atom. The molecule has 3 heterocycles. The van der Waals surface area contributed by atoms with Gasteiger partial charge in [-0.1, -0.05) is 51.5 Å². The van der Waals surface area contributed by atoms with Gasteiger partial charge in [0.05, 0.1) is 18.1 Å². The molecule has 9 nitrogen and oxygen atoms in total. The fraction of sp³-hybridized carbons (Fsp3) is 0.919. The van der Waals surface area contributed by atoms with E-state index in [4.69, 9.17) is 5.73 Å². The number of nitrogens with one attached hydrogen (secondary N) is 5. The van der Waals surface area contributed by atoms with Crippen LogP contribution in [0, 0.1) is 23.2 Å². The quantitative estimate of drug-likeness (QED) is 0.131. The number of nitrogens with two attached hydrogens (primary N) is 1. The summed E-state index contributed by atoms with van der Waals surface area (Å²) in [5.74, 6) is 0.795. The summed E-state index contributed by atoms with van der Waals surface area (Å²) in [7, 11) is 4.30. The van der Waals surface area contributed by atoms with Crippen LogP contribution in [-0.4, -0.2) is 105 Å². The van der Waals surface area contributed by atoms with E-state index in [9.17, 15) is 4.79 Å². The van der Waals surface area contributed by atoms with Gasteiger partial charge in [-0.3, -0.25) is 15.5 Å². The molecule has 270 valence electrons. The predicted octanol–water partition coefficient (Wildman–Crippen LogP) is 3.67. The summed E-state index contributed by atoms with van der Waals surface area (Å²) in [6.07, 6.45) is 15.1. The summed E-state index contributed by atoms with van der Waals surface area (Å²) in [5.41, 5.74) is 11.6. The number of amides is 1. The molecule has 0 radical (unpaired) electrons. The smallest absolute Gasteiger partial charge is 0.227 e. The van der Waals surface area contributed by atoms with E-state index in [0.717, 1.165) is 70.3 Å². The van der Waals surface area contributed by atoms with Crippen LogP contribution < -0.4 is 32.4 Å². The molecule has 5 aliphatic rings. The van der Waals surface area contributed by atoms with Crippen LogP contribution in [0.5, 0.6) is 0 Å². The molecule has 4 fully saturated rings. The van der Waals surface area contributed by atoms with Gasteiger partial charge in [-0.2, -0.15) is 0 Å². The topological polar surface area (TPSA) is 110 Å². The van der Waals surface area contributed by atoms with Crippen molar-refractivity contribution in [2.24, 2.45) is 28.9 Å². The molecule has 9 unspecified atom stereocenters. The number of hydrogen-bond donors (Lipinski definition) is 6. The van der Waals surface area contributed by atoms with Crippen LogP contribution in [0.2, 0.25) is 0 Å². The van der Waals surface area contributed by atoms with Gasteiger partial charge in [0, 0.05) is 50.3 Å². The van der Waals surface area contributed by atoms with E-state index in [2.05, 4.69) is 71.5 Å². The van der Waals surface area contributed by atoms with Gasteiger partial charge in [-0.25, -0.2) is 9.40 Å². The fourth-order valence-corrected chi connectivity index (χ4v) is 9.29. The predicted molar refractivity (Wildman–Crippen MR) is 190 cm³/mol. The monoisotopic (exact) mass is 661 g/mol. The number of piperidine rings is 1. The minimum absolute atomic E-state index is 0.00504. The van der Waals surface area contributed by atoms with Crippen LogP contribution >= 0.6 is 0 Å². The Bertz CT molecular complexity index is 1020. The molecule has 10 heteroatoms. The lowest BCUT2D eigenvalue weighted by Gasteiger charge is -2.46. The molecule has 0 aromatic heterocycles. The van der Waals surface area contributed by atoms with Crippen LogP contribution in [0.3, 0.4) is 0 Å². The van der Waals surface area contributed by atoms with Crippen LogP contribution in [0.1, 0.15) is 104 Å². The van der Waals surface area contributed by atoms with Crippen LogP contribution in [0.25, 0.3) is 0 Å². The Kier molecular flexibility index (Phi) is 13.6. The maximum Gasteiger partial charge on any atom is 0.227 e. The Hall–Kier alpha value is -1.14. The van der Waals surface area contributed by atoms with Gasteiger partial charge in [0.2, 0.25) is 5.91 Å². The summed E-state index contributed by atoms with van der Waals surface area (Å²) >= 11 is 0. The first-order valence-electron chi connectivity index (χ1n) is 19.3. The molecule has 3 aliphatic heterocycles. The zero-order valence-corrected chi connectivity index (χ0v) is 30.3. The van der Waals surface area contributed by atoms with Crippen LogP contribution in [0.4, 0.5) is 4.39 Å². The van der Waals surface area contributed by atoms with Crippen molar-refractivity contribution >= 4 is 5.91 Å². The van der Waals surface area contributed by atoms with Crippen LogP contribution in [0.15, 0.2) is 11.6 Å².